The second-order valence-electron chi connectivity index (χ2n) is 4.18. The van der Waals surface area contributed by atoms with Crippen molar-refractivity contribution >= 4 is 33.2 Å². The first-order valence-electron chi connectivity index (χ1n) is 6.00. The molecule has 0 fully saturated rings. The van der Waals surface area contributed by atoms with Crippen LogP contribution in [0.4, 0.5) is 11.4 Å². The molecule has 0 atom stereocenters. The number of benzene rings is 1. The smallest absolute Gasteiger partial charge is 0.226 e. The van der Waals surface area contributed by atoms with Crippen molar-refractivity contribution in [3.63, 3.8) is 0 Å². The zero-order chi connectivity index (χ0) is 14.5. The summed E-state index contributed by atoms with van der Waals surface area (Å²) in [5.41, 5.74) is 6.83. The van der Waals surface area contributed by atoms with E-state index in [2.05, 4.69) is 26.3 Å². The molecule has 2 aromatic rings. The number of hydrogen-bond donors (Lipinski definition) is 2. The molecule has 3 N–H and O–H groups in total. The van der Waals surface area contributed by atoms with Gasteiger partial charge in [-0.25, -0.2) is 0 Å². The van der Waals surface area contributed by atoms with Gasteiger partial charge in [-0.05, 0) is 34.1 Å². The van der Waals surface area contributed by atoms with Crippen molar-refractivity contribution in [2.45, 2.75) is 13.0 Å². The largest absolute Gasteiger partial charge is 0.495 e. The Kier molecular flexibility index (Phi) is 4.62. The third-order valence-corrected chi connectivity index (χ3v) is 3.08. The van der Waals surface area contributed by atoms with Gasteiger partial charge in [0.2, 0.25) is 5.91 Å². The summed E-state index contributed by atoms with van der Waals surface area (Å²) in [5.74, 6) is 0.454. The van der Waals surface area contributed by atoms with E-state index in [-0.39, 0.29) is 5.91 Å². The fourth-order valence-electron chi connectivity index (χ4n) is 1.71. The number of hydrogen-bond acceptors (Lipinski definition) is 4. The first-order valence-corrected chi connectivity index (χ1v) is 6.79. The highest BCUT2D eigenvalue weighted by atomic mass is 79.9. The fraction of sp³-hybridized carbons (Fsp3) is 0.231. The maximum absolute atomic E-state index is 11.9. The number of carbonyl (C=O) groups is 1. The summed E-state index contributed by atoms with van der Waals surface area (Å²) in [6, 6.07) is 5.10. The Morgan fingerprint density at radius 3 is 3.00 bits per heavy atom. The van der Waals surface area contributed by atoms with E-state index in [1.54, 1.807) is 36.2 Å². The van der Waals surface area contributed by atoms with Gasteiger partial charge in [0.05, 0.1) is 23.5 Å². The zero-order valence-electron chi connectivity index (χ0n) is 11.0. The van der Waals surface area contributed by atoms with Gasteiger partial charge < -0.3 is 15.8 Å². The van der Waals surface area contributed by atoms with Crippen molar-refractivity contribution in [2.75, 3.05) is 18.2 Å². The number of ether oxygens (including phenoxy) is 1. The number of carbonyl (C=O) groups excluding carboxylic acids is 1. The fourth-order valence-corrected chi connectivity index (χ4v) is 2.04. The minimum absolute atomic E-state index is 0.125. The molecule has 7 heteroatoms. The molecule has 0 unspecified atom stereocenters. The Morgan fingerprint density at radius 1 is 1.55 bits per heavy atom. The Hall–Kier alpha value is -2.02. The van der Waals surface area contributed by atoms with E-state index >= 15 is 0 Å². The summed E-state index contributed by atoms with van der Waals surface area (Å²) < 4.78 is 7.75. The van der Waals surface area contributed by atoms with Crippen LogP contribution in [0.15, 0.2) is 35.1 Å². The molecule has 1 amide bonds. The van der Waals surface area contributed by atoms with E-state index in [0.717, 1.165) is 4.47 Å². The van der Waals surface area contributed by atoms with Crippen LogP contribution in [0, 0.1) is 0 Å². The highest BCUT2D eigenvalue weighted by Crippen LogP contribution is 2.26. The van der Waals surface area contributed by atoms with Gasteiger partial charge >= 0.3 is 0 Å². The maximum Gasteiger partial charge on any atom is 0.226 e. The second-order valence-corrected chi connectivity index (χ2v) is 5.10. The topological polar surface area (TPSA) is 82.2 Å². The molecule has 0 saturated heterocycles. The molecule has 106 valence electrons. The lowest BCUT2D eigenvalue weighted by molar-refractivity contribution is -0.116. The van der Waals surface area contributed by atoms with Gasteiger partial charge in [0, 0.05) is 24.8 Å². The van der Waals surface area contributed by atoms with Crippen LogP contribution in [-0.2, 0) is 11.3 Å². The molecule has 0 aliphatic rings. The first kappa shape index (κ1) is 14.4. The molecule has 0 saturated carbocycles. The van der Waals surface area contributed by atoms with Crippen molar-refractivity contribution in [3.8, 4) is 5.75 Å². The van der Waals surface area contributed by atoms with Crippen LogP contribution in [0.5, 0.6) is 5.75 Å². The van der Waals surface area contributed by atoms with Crippen LogP contribution in [-0.4, -0.2) is 22.8 Å². The standard InChI is InChI=1S/C13H15BrN4O2/c1-20-12-3-2-10(15)6-11(12)17-13(19)4-5-18-8-9(14)7-16-18/h2-3,6-8H,4-5,15H2,1H3,(H,17,19). The summed E-state index contributed by atoms with van der Waals surface area (Å²) in [6.07, 6.45) is 3.80. The van der Waals surface area contributed by atoms with Crippen LogP contribution in [0.25, 0.3) is 0 Å². The van der Waals surface area contributed by atoms with Gasteiger partial charge in [0.25, 0.3) is 0 Å². The molecule has 2 rings (SSSR count). The number of nitrogens with two attached hydrogens (primary N) is 1. The van der Waals surface area contributed by atoms with Gasteiger partial charge in [-0.2, -0.15) is 5.10 Å². The molecule has 1 aromatic carbocycles. The molecular formula is C13H15BrN4O2. The Balaban J connectivity index is 1.96. The van der Waals surface area contributed by atoms with Crippen LogP contribution in [0.1, 0.15) is 6.42 Å². The molecule has 0 bridgehead atoms. The minimum atomic E-state index is -0.125. The Morgan fingerprint density at radius 2 is 2.35 bits per heavy atom. The van der Waals surface area contributed by atoms with Crippen molar-refractivity contribution in [1.29, 1.82) is 0 Å². The molecule has 1 aromatic heterocycles. The molecule has 1 heterocycles. The summed E-state index contributed by atoms with van der Waals surface area (Å²) in [6.45, 7) is 0.502. The van der Waals surface area contributed by atoms with Crippen LogP contribution in [0.3, 0.4) is 0 Å². The Bertz CT molecular complexity index is 612. The van der Waals surface area contributed by atoms with E-state index in [4.69, 9.17) is 10.5 Å². The predicted octanol–water partition coefficient (Wildman–Crippen LogP) is 2.27. The SMILES string of the molecule is COc1ccc(N)cc1NC(=O)CCn1cc(Br)cn1. The van der Waals surface area contributed by atoms with E-state index in [9.17, 15) is 4.79 Å². The first-order chi connectivity index (χ1) is 9.58. The Labute approximate surface area is 125 Å². The number of nitrogens with one attached hydrogen (secondary N) is 1. The summed E-state index contributed by atoms with van der Waals surface area (Å²) in [4.78, 5) is 11.9. The summed E-state index contributed by atoms with van der Waals surface area (Å²) >= 11 is 3.31. The lowest BCUT2D eigenvalue weighted by Crippen LogP contribution is -2.15. The molecule has 6 nitrogen and oxygen atoms in total. The van der Waals surface area contributed by atoms with Gasteiger partial charge in [0.15, 0.2) is 0 Å². The summed E-state index contributed by atoms with van der Waals surface area (Å²) in [7, 11) is 1.54. The number of amides is 1. The number of aromatic nitrogens is 2. The number of rotatable bonds is 5. The summed E-state index contributed by atoms with van der Waals surface area (Å²) in [5, 5.41) is 6.87. The number of anilines is 2. The van der Waals surface area contributed by atoms with Crippen molar-refractivity contribution in [1.82, 2.24) is 9.78 Å². The van der Waals surface area contributed by atoms with Gasteiger partial charge in [-0.3, -0.25) is 9.48 Å². The van der Waals surface area contributed by atoms with Gasteiger partial charge in [0.1, 0.15) is 5.75 Å². The van der Waals surface area contributed by atoms with Crippen molar-refractivity contribution in [2.24, 2.45) is 0 Å². The van der Waals surface area contributed by atoms with Gasteiger partial charge in [-0.15, -0.1) is 0 Å². The average molecular weight is 339 g/mol. The minimum Gasteiger partial charge on any atom is -0.495 e. The highest BCUT2D eigenvalue weighted by molar-refractivity contribution is 9.10. The average Bonchev–Trinajstić information content (AvgIpc) is 2.83. The molecule has 0 spiro atoms. The number of nitrogen functional groups attached to an aromatic ring is 1. The van der Waals surface area contributed by atoms with Crippen molar-refractivity contribution in [3.05, 3.63) is 35.1 Å². The lowest BCUT2D eigenvalue weighted by Gasteiger charge is -2.10. The lowest BCUT2D eigenvalue weighted by atomic mass is 10.2. The quantitative estimate of drug-likeness (QED) is 0.819. The third kappa shape index (κ3) is 3.74. The van der Waals surface area contributed by atoms with E-state index in [1.807, 2.05) is 6.20 Å². The monoisotopic (exact) mass is 338 g/mol. The number of aryl methyl sites for hydroxylation is 1. The van der Waals surface area contributed by atoms with Crippen LogP contribution in [0.2, 0.25) is 0 Å². The number of halogens is 1. The van der Waals surface area contributed by atoms with Crippen molar-refractivity contribution < 1.29 is 9.53 Å². The van der Waals surface area contributed by atoms with Crippen LogP contribution >= 0.6 is 15.9 Å². The molecule has 20 heavy (non-hydrogen) atoms. The zero-order valence-corrected chi connectivity index (χ0v) is 12.6. The third-order valence-electron chi connectivity index (χ3n) is 2.67. The van der Waals surface area contributed by atoms with E-state index < -0.39 is 0 Å². The van der Waals surface area contributed by atoms with E-state index in [0.29, 0.717) is 30.1 Å². The number of nitrogens with zero attached hydrogens (tertiary/aromatic N) is 2. The maximum atomic E-state index is 11.9. The molecular weight excluding hydrogens is 324 g/mol. The van der Waals surface area contributed by atoms with Gasteiger partial charge in [-0.1, -0.05) is 0 Å². The molecule has 0 radical (unpaired) electrons. The van der Waals surface area contributed by atoms with Crippen LogP contribution < -0.4 is 15.8 Å². The number of methoxy groups -OCH3 is 1. The molecule has 0 aliphatic carbocycles. The van der Waals surface area contributed by atoms with E-state index in [1.165, 1.54) is 0 Å². The molecule has 0 aliphatic heterocycles. The predicted molar refractivity (Wildman–Crippen MR) is 80.6 cm³/mol. The highest BCUT2D eigenvalue weighted by Gasteiger charge is 2.08. The normalized spacial score (nSPS) is 10.3. The second kappa shape index (κ2) is 6.42.